The van der Waals surface area contributed by atoms with E-state index < -0.39 is 101 Å². The fourth-order valence-corrected chi connectivity index (χ4v) is 10.4. The second kappa shape index (κ2) is 16.5. The Morgan fingerprint density at radius 3 is 2.09 bits per heavy atom. The van der Waals surface area contributed by atoms with E-state index in [4.69, 9.17) is 18.9 Å². The van der Waals surface area contributed by atoms with E-state index in [0.717, 1.165) is 38.5 Å². The lowest BCUT2D eigenvalue weighted by Crippen LogP contribution is -2.81. The summed E-state index contributed by atoms with van der Waals surface area (Å²) in [6.07, 6.45) is -3.51. The van der Waals surface area contributed by atoms with Gasteiger partial charge in [0.1, 0.15) is 30.0 Å². The number of hydrogen-bond donors (Lipinski definition) is 5. The molecule has 4 fully saturated rings. The molecule has 0 radical (unpaired) electrons. The molecule has 57 heavy (non-hydrogen) atoms. The molecular weight excluding hydrogens is 738 g/mol. The van der Waals surface area contributed by atoms with Crippen LogP contribution >= 0.6 is 0 Å². The van der Waals surface area contributed by atoms with E-state index in [0.29, 0.717) is 18.4 Å². The quantitative estimate of drug-likeness (QED) is 0.165. The average molecular weight is 798 g/mol. The molecular formula is C43H59NO13. The zero-order valence-corrected chi connectivity index (χ0v) is 33.7. The maximum absolute atomic E-state index is 14.9. The molecule has 5 aliphatic rings. The molecule has 1 aromatic rings. The molecule has 1 amide bonds. The van der Waals surface area contributed by atoms with Gasteiger partial charge in [0, 0.05) is 38.0 Å². The van der Waals surface area contributed by atoms with Gasteiger partial charge in [-0.25, -0.2) is 4.79 Å². The number of carbonyl (C=O) groups excluding carboxylic acids is 5. The maximum Gasteiger partial charge on any atom is 0.338 e. The summed E-state index contributed by atoms with van der Waals surface area (Å²) in [5.41, 5.74) is -6.75. The molecule has 0 spiro atoms. The molecule has 2 saturated carbocycles. The Balaban J connectivity index is 1.49. The second-order valence-corrected chi connectivity index (χ2v) is 17.5. The van der Waals surface area contributed by atoms with Gasteiger partial charge in [0.25, 0.3) is 0 Å². The van der Waals surface area contributed by atoms with E-state index >= 15 is 0 Å². The number of esters is 3. The Hall–Kier alpha value is -3.69. The molecule has 11 atom stereocenters. The largest absolute Gasteiger partial charge is 0.459 e. The number of fused-ring (bicyclic) bond motifs is 6. The smallest absolute Gasteiger partial charge is 0.338 e. The second-order valence-electron chi connectivity index (χ2n) is 17.5. The number of hydrogen-bond acceptors (Lipinski definition) is 13. The van der Waals surface area contributed by atoms with E-state index in [2.05, 4.69) is 5.32 Å². The molecule has 3 aliphatic carbocycles. The highest BCUT2D eigenvalue weighted by Crippen LogP contribution is 2.64. The molecule has 1 unspecified atom stereocenters. The van der Waals surface area contributed by atoms with Crippen LogP contribution in [0.15, 0.2) is 41.5 Å². The topological polar surface area (TPSA) is 215 Å². The van der Waals surface area contributed by atoms with Crippen molar-refractivity contribution in [1.82, 2.24) is 5.32 Å². The lowest BCUT2D eigenvalue weighted by molar-refractivity contribution is -0.347. The third-order valence-corrected chi connectivity index (χ3v) is 13.8. The van der Waals surface area contributed by atoms with E-state index in [9.17, 15) is 44.4 Å². The van der Waals surface area contributed by atoms with Gasteiger partial charge in [0.2, 0.25) is 5.91 Å². The Morgan fingerprint density at radius 2 is 1.49 bits per heavy atom. The first kappa shape index (κ1) is 42.9. The standard InChI is InChI=1S/C43H59NO13/c1-24-27-22-43(53)38(36-41(5,37(51)34(49)32(24)40(43,3)4)28(46)21-29-42(36,23-54-29)57-25(2)45)56-31(48)20-16-11-9-7-6-8-10-15-19-30(47)44-33(35(50)39(52)55-27)26-17-13-12-14-18-26/h12-14,17-18,27-29,33-36,38,46,49-50,53H,6-11,15-16,19-23H2,1-5H3,(H,44,47)/t27-,28-,29+,33-,34+,35+,36?,38-,41+,42-,43+/m0/s1. The van der Waals surface area contributed by atoms with Crippen molar-refractivity contribution < 1.29 is 63.3 Å². The zero-order chi connectivity index (χ0) is 41.5. The third kappa shape index (κ3) is 7.56. The Bertz CT molecular complexity index is 1740. The number of ketones is 1. The molecule has 2 saturated heterocycles. The first-order valence-corrected chi connectivity index (χ1v) is 20.5. The Kier molecular flexibility index (Phi) is 12.4. The van der Waals surface area contributed by atoms with Gasteiger partial charge < -0.3 is 44.7 Å². The molecule has 2 heterocycles. The number of Topliss-reactive ketones (excluding diaryl/α,β-unsaturated/α-hetero) is 1. The molecule has 314 valence electrons. The first-order chi connectivity index (χ1) is 26.9. The van der Waals surface area contributed by atoms with Gasteiger partial charge in [-0.15, -0.1) is 0 Å². The predicted molar refractivity (Wildman–Crippen MR) is 203 cm³/mol. The van der Waals surface area contributed by atoms with Crippen molar-refractivity contribution in [3.8, 4) is 0 Å². The summed E-state index contributed by atoms with van der Waals surface area (Å²) in [5, 5.41) is 51.8. The number of aliphatic hydroxyl groups is 4. The maximum atomic E-state index is 14.9. The van der Waals surface area contributed by atoms with Crippen LogP contribution in [-0.4, -0.2) is 104 Å². The average Bonchev–Trinajstić information content (AvgIpc) is 3.15. The van der Waals surface area contributed by atoms with Crippen LogP contribution in [0.25, 0.3) is 0 Å². The highest BCUT2D eigenvalue weighted by molar-refractivity contribution is 5.93. The normalized spacial score (nSPS) is 39.6. The molecule has 1 aromatic carbocycles. The van der Waals surface area contributed by atoms with Crippen LogP contribution < -0.4 is 5.32 Å². The van der Waals surface area contributed by atoms with E-state index in [1.165, 1.54) is 13.8 Å². The summed E-state index contributed by atoms with van der Waals surface area (Å²) in [7, 11) is 0. The van der Waals surface area contributed by atoms with Gasteiger partial charge >= 0.3 is 17.9 Å². The van der Waals surface area contributed by atoms with Gasteiger partial charge in [-0.05, 0) is 43.4 Å². The van der Waals surface area contributed by atoms with Crippen molar-refractivity contribution in [2.24, 2.45) is 16.7 Å². The van der Waals surface area contributed by atoms with Gasteiger partial charge in [-0.3, -0.25) is 19.2 Å². The van der Waals surface area contributed by atoms with Crippen molar-refractivity contribution in [1.29, 1.82) is 0 Å². The monoisotopic (exact) mass is 797 g/mol. The van der Waals surface area contributed by atoms with Gasteiger partial charge in [0.05, 0.1) is 30.1 Å². The number of carbonyl (C=O) groups is 5. The SMILES string of the molecule is CC(=O)O[C@@]12CO[C@@H]1C[C@H](O)[C@@]1(C)C(=O)[C@H](O)C3=C(C)[C@@H]4C[C@@](O)([C@@H](OC(=O)CCCCCCCCCCC(=O)N[C@@H](c5ccccc5)[C@@H](O)C(=O)O4)C12)C3(C)C. The number of amides is 1. The summed E-state index contributed by atoms with van der Waals surface area (Å²) >= 11 is 0. The Morgan fingerprint density at radius 1 is 0.877 bits per heavy atom. The van der Waals surface area contributed by atoms with Crippen molar-refractivity contribution in [3.63, 3.8) is 0 Å². The van der Waals surface area contributed by atoms with Crippen molar-refractivity contribution in [2.45, 2.75) is 166 Å². The Labute approximate surface area is 333 Å². The van der Waals surface area contributed by atoms with Crippen molar-refractivity contribution in [3.05, 3.63) is 47.0 Å². The van der Waals surface area contributed by atoms with Crippen LogP contribution in [0.5, 0.6) is 0 Å². The molecule has 3 bridgehead atoms. The minimum Gasteiger partial charge on any atom is -0.459 e. The lowest BCUT2D eigenvalue weighted by Gasteiger charge is -2.67. The summed E-state index contributed by atoms with van der Waals surface area (Å²) in [4.78, 5) is 69.0. The molecule has 14 heteroatoms. The van der Waals surface area contributed by atoms with Crippen LogP contribution in [0.4, 0.5) is 0 Å². The van der Waals surface area contributed by atoms with Crippen LogP contribution in [0, 0.1) is 16.7 Å². The number of benzene rings is 1. The minimum absolute atomic E-state index is 0.00245. The fourth-order valence-electron chi connectivity index (χ4n) is 10.4. The highest BCUT2D eigenvalue weighted by Gasteiger charge is 2.78. The molecule has 14 nitrogen and oxygen atoms in total. The third-order valence-electron chi connectivity index (χ3n) is 13.8. The summed E-state index contributed by atoms with van der Waals surface area (Å²) < 4.78 is 24.2. The highest BCUT2D eigenvalue weighted by atomic mass is 16.6. The number of aliphatic hydroxyl groups excluding tert-OH is 3. The molecule has 5 N–H and O–H groups in total. The first-order valence-electron chi connectivity index (χ1n) is 20.5. The van der Waals surface area contributed by atoms with E-state index in [-0.39, 0.29) is 42.9 Å². The van der Waals surface area contributed by atoms with Gasteiger partial charge in [0.15, 0.2) is 17.5 Å². The van der Waals surface area contributed by atoms with E-state index in [1.54, 1.807) is 51.1 Å². The minimum atomic E-state index is -2.25. The summed E-state index contributed by atoms with van der Waals surface area (Å²) in [5.74, 6) is -5.20. The summed E-state index contributed by atoms with van der Waals surface area (Å²) in [6, 6.07) is 7.30. The number of ether oxygens (including phenoxy) is 4. The van der Waals surface area contributed by atoms with Gasteiger partial charge in [-0.2, -0.15) is 0 Å². The van der Waals surface area contributed by atoms with Crippen LogP contribution in [0.3, 0.4) is 0 Å². The lowest BCUT2D eigenvalue weighted by atomic mass is 9.44. The van der Waals surface area contributed by atoms with E-state index in [1.807, 2.05) is 0 Å². The van der Waals surface area contributed by atoms with Gasteiger partial charge in [-0.1, -0.05) is 82.7 Å². The van der Waals surface area contributed by atoms with Crippen LogP contribution in [-0.2, 0) is 42.9 Å². The number of nitrogens with one attached hydrogen (secondary N) is 1. The molecule has 0 aromatic heterocycles. The summed E-state index contributed by atoms with van der Waals surface area (Å²) in [6.45, 7) is 7.12. The predicted octanol–water partition coefficient (Wildman–Crippen LogP) is 3.45. The molecule has 6 rings (SSSR count). The molecule has 2 aliphatic heterocycles. The van der Waals surface area contributed by atoms with Crippen molar-refractivity contribution >= 4 is 29.6 Å². The number of rotatable bonds is 2. The van der Waals surface area contributed by atoms with Crippen LogP contribution in [0.2, 0.25) is 0 Å². The zero-order valence-electron chi connectivity index (χ0n) is 33.7. The van der Waals surface area contributed by atoms with Crippen LogP contribution in [0.1, 0.15) is 123 Å². The fraction of sp³-hybridized carbons (Fsp3) is 0.698. The van der Waals surface area contributed by atoms with Crippen molar-refractivity contribution in [2.75, 3.05) is 6.61 Å².